The summed E-state index contributed by atoms with van der Waals surface area (Å²) < 4.78 is 0.995. The smallest absolute Gasteiger partial charge is 0.233 e. The summed E-state index contributed by atoms with van der Waals surface area (Å²) in [6, 6.07) is 7.95. The largest absolute Gasteiger partial charge is 0.389 e. The van der Waals surface area contributed by atoms with Crippen LogP contribution in [0.15, 0.2) is 28.7 Å². The molecule has 1 aromatic rings. The number of nitrogens with zero attached hydrogens (tertiary/aromatic N) is 1. The maximum atomic E-state index is 12.6. The van der Waals surface area contributed by atoms with Crippen LogP contribution >= 0.6 is 15.9 Å². The number of rotatable bonds is 4. The Bertz CT molecular complexity index is 489. The summed E-state index contributed by atoms with van der Waals surface area (Å²) >= 11 is 3.45. The summed E-state index contributed by atoms with van der Waals surface area (Å²) in [7, 11) is 1.76. The summed E-state index contributed by atoms with van der Waals surface area (Å²) in [5, 5.41) is 9.84. The lowest BCUT2D eigenvalue weighted by Gasteiger charge is -2.29. The fraction of sp³-hybridized carbons (Fsp3) is 0.533. The third-order valence-corrected chi connectivity index (χ3v) is 4.00. The number of carbonyl (C=O) groups excluding carboxylic acids is 1. The molecule has 1 aliphatic rings. The number of halogens is 1. The van der Waals surface area contributed by atoms with Crippen LogP contribution in [-0.4, -0.2) is 35.1 Å². The van der Waals surface area contributed by atoms with Gasteiger partial charge < -0.3 is 10.0 Å². The Labute approximate surface area is 122 Å². The lowest BCUT2D eigenvalue weighted by atomic mass is 9.94. The average Bonchev–Trinajstić information content (AvgIpc) is 3.07. The van der Waals surface area contributed by atoms with Crippen LogP contribution < -0.4 is 0 Å². The van der Waals surface area contributed by atoms with Gasteiger partial charge in [-0.05, 0) is 44.4 Å². The second-order valence-corrected chi connectivity index (χ2v) is 6.98. The van der Waals surface area contributed by atoms with E-state index in [1.807, 2.05) is 24.3 Å². The molecular formula is C15H20BrNO2. The Balaban J connectivity index is 2.19. The first-order chi connectivity index (χ1) is 8.74. The zero-order valence-electron chi connectivity index (χ0n) is 11.6. The first-order valence-electron chi connectivity index (χ1n) is 6.49. The van der Waals surface area contributed by atoms with Crippen molar-refractivity contribution in [3.63, 3.8) is 0 Å². The van der Waals surface area contributed by atoms with Gasteiger partial charge in [-0.1, -0.05) is 28.1 Å². The van der Waals surface area contributed by atoms with Crippen LogP contribution in [0.1, 0.15) is 32.3 Å². The molecule has 1 aromatic carbocycles. The summed E-state index contributed by atoms with van der Waals surface area (Å²) in [5.74, 6) is 0.104. The van der Waals surface area contributed by atoms with E-state index >= 15 is 0 Å². The summed E-state index contributed by atoms with van der Waals surface area (Å²) in [5.41, 5.74) is -0.170. The number of benzene rings is 1. The van der Waals surface area contributed by atoms with Crippen molar-refractivity contribution in [3.8, 4) is 0 Å². The van der Waals surface area contributed by atoms with Crippen molar-refractivity contribution in [1.82, 2.24) is 4.90 Å². The lowest BCUT2D eigenvalue weighted by Crippen LogP contribution is -2.44. The topological polar surface area (TPSA) is 40.5 Å². The molecule has 0 spiro atoms. The van der Waals surface area contributed by atoms with Crippen molar-refractivity contribution in [2.24, 2.45) is 0 Å². The molecule has 0 saturated heterocycles. The Morgan fingerprint density at radius 3 is 2.58 bits per heavy atom. The van der Waals surface area contributed by atoms with Crippen molar-refractivity contribution in [3.05, 3.63) is 34.3 Å². The molecule has 4 heteroatoms. The van der Waals surface area contributed by atoms with Crippen molar-refractivity contribution >= 4 is 21.8 Å². The van der Waals surface area contributed by atoms with E-state index in [4.69, 9.17) is 0 Å². The molecule has 1 aliphatic carbocycles. The van der Waals surface area contributed by atoms with Crippen molar-refractivity contribution < 1.29 is 9.90 Å². The van der Waals surface area contributed by atoms with Crippen LogP contribution in [-0.2, 0) is 10.2 Å². The Kier molecular flexibility index (Phi) is 3.76. The number of aliphatic hydroxyl groups is 1. The monoisotopic (exact) mass is 325 g/mol. The van der Waals surface area contributed by atoms with Crippen molar-refractivity contribution in [2.75, 3.05) is 13.6 Å². The molecule has 0 radical (unpaired) electrons. The summed E-state index contributed by atoms with van der Waals surface area (Å²) in [6.07, 6.45) is 1.77. The lowest BCUT2D eigenvalue weighted by molar-refractivity contribution is -0.135. The maximum absolute atomic E-state index is 12.6. The van der Waals surface area contributed by atoms with Gasteiger partial charge in [0.15, 0.2) is 0 Å². The standard InChI is InChI=1S/C15H20BrNO2/c1-14(2,19)10-17(3)13(18)15(7-8-15)11-5-4-6-12(16)9-11/h4-6,9,19H,7-8,10H2,1-3H3. The normalized spacial score (nSPS) is 17.1. The molecule has 2 rings (SSSR count). The highest BCUT2D eigenvalue weighted by Crippen LogP contribution is 2.50. The Hall–Kier alpha value is -0.870. The number of hydrogen-bond acceptors (Lipinski definition) is 2. The highest BCUT2D eigenvalue weighted by molar-refractivity contribution is 9.10. The third-order valence-electron chi connectivity index (χ3n) is 3.51. The fourth-order valence-electron chi connectivity index (χ4n) is 2.55. The average molecular weight is 326 g/mol. The van der Waals surface area contributed by atoms with Crippen molar-refractivity contribution in [2.45, 2.75) is 37.7 Å². The van der Waals surface area contributed by atoms with Crippen LogP contribution in [0.3, 0.4) is 0 Å². The highest BCUT2D eigenvalue weighted by Gasteiger charge is 2.52. The van der Waals surface area contributed by atoms with E-state index in [-0.39, 0.29) is 11.3 Å². The molecule has 0 aliphatic heterocycles. The molecule has 104 valence electrons. The van der Waals surface area contributed by atoms with Gasteiger partial charge in [-0.15, -0.1) is 0 Å². The zero-order chi connectivity index (χ0) is 14.3. The minimum Gasteiger partial charge on any atom is -0.389 e. The van der Waals surface area contributed by atoms with Gasteiger partial charge in [-0.25, -0.2) is 0 Å². The maximum Gasteiger partial charge on any atom is 0.233 e. The van der Waals surface area contributed by atoms with E-state index in [1.54, 1.807) is 25.8 Å². The molecule has 0 heterocycles. The highest BCUT2D eigenvalue weighted by atomic mass is 79.9. The second kappa shape index (κ2) is 4.91. The van der Waals surface area contributed by atoms with Gasteiger partial charge in [0.25, 0.3) is 0 Å². The predicted molar refractivity (Wildman–Crippen MR) is 79.0 cm³/mol. The number of amides is 1. The van der Waals surface area contributed by atoms with Crippen LogP contribution in [0.4, 0.5) is 0 Å². The zero-order valence-corrected chi connectivity index (χ0v) is 13.2. The number of hydrogen-bond donors (Lipinski definition) is 1. The number of carbonyl (C=O) groups is 1. The molecule has 3 nitrogen and oxygen atoms in total. The van der Waals surface area contributed by atoms with Crippen LogP contribution in [0, 0.1) is 0 Å². The molecule has 1 fully saturated rings. The Morgan fingerprint density at radius 1 is 1.47 bits per heavy atom. The molecule has 19 heavy (non-hydrogen) atoms. The van der Waals surface area contributed by atoms with E-state index < -0.39 is 5.60 Å². The van der Waals surface area contributed by atoms with Gasteiger partial charge in [0, 0.05) is 18.1 Å². The van der Waals surface area contributed by atoms with E-state index in [9.17, 15) is 9.90 Å². The van der Waals surface area contributed by atoms with Gasteiger partial charge in [-0.2, -0.15) is 0 Å². The molecule has 1 amide bonds. The van der Waals surface area contributed by atoms with Crippen LogP contribution in [0.5, 0.6) is 0 Å². The predicted octanol–water partition coefficient (Wildman–Crippen LogP) is 2.71. The van der Waals surface area contributed by atoms with Gasteiger partial charge in [-0.3, -0.25) is 4.79 Å². The summed E-state index contributed by atoms with van der Waals surface area (Å²) in [4.78, 5) is 14.3. The SMILES string of the molecule is CN(CC(C)(C)O)C(=O)C1(c2cccc(Br)c2)CC1. The van der Waals surface area contributed by atoms with Gasteiger partial charge in [0.2, 0.25) is 5.91 Å². The molecule has 0 unspecified atom stereocenters. The molecule has 0 bridgehead atoms. The van der Waals surface area contributed by atoms with E-state index in [0.29, 0.717) is 6.54 Å². The minimum absolute atomic E-state index is 0.104. The number of likely N-dealkylation sites (N-methyl/N-ethyl adjacent to an activating group) is 1. The molecule has 1 saturated carbocycles. The van der Waals surface area contributed by atoms with Crippen LogP contribution in [0.2, 0.25) is 0 Å². The van der Waals surface area contributed by atoms with Crippen LogP contribution in [0.25, 0.3) is 0 Å². The van der Waals surface area contributed by atoms with E-state index in [0.717, 1.165) is 22.9 Å². The van der Waals surface area contributed by atoms with Gasteiger partial charge in [0.05, 0.1) is 11.0 Å². The molecule has 0 atom stereocenters. The molecular weight excluding hydrogens is 306 g/mol. The first kappa shape index (κ1) is 14.5. The van der Waals surface area contributed by atoms with Gasteiger partial charge in [0.1, 0.15) is 0 Å². The van der Waals surface area contributed by atoms with Crippen molar-refractivity contribution in [1.29, 1.82) is 0 Å². The Morgan fingerprint density at radius 2 is 2.11 bits per heavy atom. The fourth-order valence-corrected chi connectivity index (χ4v) is 2.95. The second-order valence-electron chi connectivity index (χ2n) is 6.07. The quantitative estimate of drug-likeness (QED) is 0.924. The minimum atomic E-state index is -0.863. The summed E-state index contributed by atoms with van der Waals surface area (Å²) in [6.45, 7) is 3.78. The first-order valence-corrected chi connectivity index (χ1v) is 7.28. The third kappa shape index (κ3) is 3.18. The van der Waals surface area contributed by atoms with E-state index in [2.05, 4.69) is 15.9 Å². The molecule has 0 aromatic heterocycles. The van der Waals surface area contributed by atoms with E-state index in [1.165, 1.54) is 0 Å². The van der Waals surface area contributed by atoms with Gasteiger partial charge >= 0.3 is 0 Å². The molecule has 1 N–H and O–H groups in total.